The SMILES string of the molecule is CCC(COC)Nc1cc(Br)nc(C(C)(C)C)n1. The van der Waals surface area contributed by atoms with E-state index >= 15 is 0 Å². The lowest BCUT2D eigenvalue weighted by Gasteiger charge is -2.20. The Hall–Kier alpha value is -0.680. The Kier molecular flexibility index (Phi) is 5.53. The van der Waals surface area contributed by atoms with Crippen molar-refractivity contribution in [3.8, 4) is 0 Å². The molecule has 0 amide bonds. The summed E-state index contributed by atoms with van der Waals surface area (Å²) >= 11 is 3.43. The van der Waals surface area contributed by atoms with Gasteiger partial charge in [-0.15, -0.1) is 0 Å². The van der Waals surface area contributed by atoms with Crippen LogP contribution in [0.3, 0.4) is 0 Å². The highest BCUT2D eigenvalue weighted by atomic mass is 79.9. The van der Waals surface area contributed by atoms with Crippen LogP contribution in [-0.4, -0.2) is 29.7 Å². The number of ether oxygens (including phenoxy) is 1. The maximum absolute atomic E-state index is 5.18. The molecule has 1 atom stereocenters. The molecular formula is C13H22BrN3O. The van der Waals surface area contributed by atoms with Crippen molar-refractivity contribution in [3.05, 3.63) is 16.5 Å². The molecule has 0 saturated heterocycles. The molecule has 0 spiro atoms. The summed E-state index contributed by atoms with van der Waals surface area (Å²) < 4.78 is 5.98. The fourth-order valence-electron chi connectivity index (χ4n) is 1.50. The van der Waals surface area contributed by atoms with Gasteiger partial charge in [0.15, 0.2) is 0 Å². The van der Waals surface area contributed by atoms with Gasteiger partial charge in [-0.2, -0.15) is 0 Å². The van der Waals surface area contributed by atoms with Gasteiger partial charge in [-0.25, -0.2) is 9.97 Å². The minimum absolute atomic E-state index is 0.0663. The first-order valence-electron chi connectivity index (χ1n) is 6.17. The molecule has 0 saturated carbocycles. The third-order valence-corrected chi connectivity index (χ3v) is 2.98. The number of hydrogen-bond donors (Lipinski definition) is 1. The first-order valence-corrected chi connectivity index (χ1v) is 6.96. The highest BCUT2D eigenvalue weighted by molar-refractivity contribution is 9.10. The number of nitrogens with one attached hydrogen (secondary N) is 1. The number of methoxy groups -OCH3 is 1. The second-order valence-electron chi connectivity index (χ2n) is 5.35. The largest absolute Gasteiger partial charge is 0.383 e. The zero-order valence-electron chi connectivity index (χ0n) is 11.7. The lowest BCUT2D eigenvalue weighted by molar-refractivity contribution is 0.184. The normalized spacial score (nSPS) is 13.4. The van der Waals surface area contributed by atoms with Crippen LogP contribution in [-0.2, 0) is 10.2 Å². The van der Waals surface area contributed by atoms with Crippen molar-refractivity contribution in [1.82, 2.24) is 9.97 Å². The van der Waals surface area contributed by atoms with Gasteiger partial charge in [0.25, 0.3) is 0 Å². The van der Waals surface area contributed by atoms with E-state index in [0.717, 1.165) is 22.7 Å². The Morgan fingerprint density at radius 2 is 2.06 bits per heavy atom. The van der Waals surface area contributed by atoms with Crippen molar-refractivity contribution < 1.29 is 4.74 Å². The molecular weight excluding hydrogens is 294 g/mol. The lowest BCUT2D eigenvalue weighted by atomic mass is 9.96. The van der Waals surface area contributed by atoms with Crippen LogP contribution in [0.15, 0.2) is 10.7 Å². The highest BCUT2D eigenvalue weighted by Crippen LogP contribution is 2.22. The average Bonchev–Trinajstić information content (AvgIpc) is 2.26. The summed E-state index contributed by atoms with van der Waals surface area (Å²) in [5, 5.41) is 3.38. The van der Waals surface area contributed by atoms with Crippen molar-refractivity contribution in [2.45, 2.75) is 45.6 Å². The molecule has 0 aliphatic rings. The fourth-order valence-corrected chi connectivity index (χ4v) is 1.88. The molecule has 0 radical (unpaired) electrons. The van der Waals surface area contributed by atoms with E-state index in [1.807, 2.05) is 6.07 Å². The molecule has 1 N–H and O–H groups in total. The molecule has 5 heteroatoms. The molecule has 0 aliphatic carbocycles. The summed E-state index contributed by atoms with van der Waals surface area (Å²) in [6.07, 6.45) is 0.986. The number of anilines is 1. The van der Waals surface area contributed by atoms with Crippen LogP contribution in [0.25, 0.3) is 0 Å². The van der Waals surface area contributed by atoms with Crippen LogP contribution in [0, 0.1) is 0 Å². The summed E-state index contributed by atoms with van der Waals surface area (Å²) in [6, 6.07) is 2.16. The van der Waals surface area contributed by atoms with Gasteiger partial charge in [0.2, 0.25) is 0 Å². The molecule has 1 rings (SSSR count). The molecule has 102 valence electrons. The zero-order valence-corrected chi connectivity index (χ0v) is 13.3. The zero-order chi connectivity index (χ0) is 13.8. The Labute approximate surface area is 118 Å². The first-order chi connectivity index (χ1) is 8.36. The minimum Gasteiger partial charge on any atom is -0.383 e. The Balaban J connectivity index is 2.92. The minimum atomic E-state index is -0.0663. The summed E-state index contributed by atoms with van der Waals surface area (Å²) in [7, 11) is 1.71. The van der Waals surface area contributed by atoms with Crippen molar-refractivity contribution in [2.75, 3.05) is 19.0 Å². The maximum Gasteiger partial charge on any atom is 0.137 e. The second-order valence-corrected chi connectivity index (χ2v) is 6.17. The van der Waals surface area contributed by atoms with Crippen LogP contribution < -0.4 is 5.32 Å². The van der Waals surface area contributed by atoms with Gasteiger partial charge in [0, 0.05) is 18.6 Å². The standard InChI is InChI=1S/C13H22BrN3O/c1-6-9(8-18-5)15-11-7-10(14)16-12(17-11)13(2,3)4/h7,9H,6,8H2,1-5H3,(H,15,16,17). The highest BCUT2D eigenvalue weighted by Gasteiger charge is 2.19. The lowest BCUT2D eigenvalue weighted by Crippen LogP contribution is -2.25. The van der Waals surface area contributed by atoms with E-state index in [-0.39, 0.29) is 11.5 Å². The van der Waals surface area contributed by atoms with Crippen molar-refractivity contribution in [3.63, 3.8) is 0 Å². The Bertz CT molecular complexity index is 390. The third kappa shape index (κ3) is 4.53. The number of hydrogen-bond acceptors (Lipinski definition) is 4. The van der Waals surface area contributed by atoms with E-state index in [4.69, 9.17) is 4.74 Å². The molecule has 18 heavy (non-hydrogen) atoms. The van der Waals surface area contributed by atoms with E-state index in [0.29, 0.717) is 6.61 Å². The van der Waals surface area contributed by atoms with Crippen LogP contribution >= 0.6 is 15.9 Å². The van der Waals surface area contributed by atoms with E-state index < -0.39 is 0 Å². The topological polar surface area (TPSA) is 47.0 Å². The van der Waals surface area contributed by atoms with Crippen LogP contribution in [0.1, 0.15) is 39.9 Å². The summed E-state index contributed by atoms with van der Waals surface area (Å²) in [4.78, 5) is 8.99. The van der Waals surface area contributed by atoms with Crippen LogP contribution in [0.5, 0.6) is 0 Å². The smallest absolute Gasteiger partial charge is 0.137 e. The quantitative estimate of drug-likeness (QED) is 0.846. The molecule has 0 bridgehead atoms. The van der Waals surface area contributed by atoms with Gasteiger partial charge in [0.05, 0.1) is 12.6 Å². The van der Waals surface area contributed by atoms with Gasteiger partial charge in [-0.1, -0.05) is 27.7 Å². The van der Waals surface area contributed by atoms with E-state index in [2.05, 4.69) is 58.9 Å². The van der Waals surface area contributed by atoms with Gasteiger partial charge in [-0.3, -0.25) is 0 Å². The van der Waals surface area contributed by atoms with Gasteiger partial charge in [-0.05, 0) is 22.4 Å². The van der Waals surface area contributed by atoms with E-state index in [1.165, 1.54) is 0 Å². The molecule has 1 aromatic rings. The summed E-state index contributed by atoms with van der Waals surface area (Å²) in [5.41, 5.74) is -0.0663. The van der Waals surface area contributed by atoms with E-state index in [9.17, 15) is 0 Å². The molecule has 4 nitrogen and oxygen atoms in total. The predicted molar refractivity (Wildman–Crippen MR) is 78.0 cm³/mol. The molecule has 1 unspecified atom stereocenters. The van der Waals surface area contributed by atoms with Crippen LogP contribution in [0.4, 0.5) is 5.82 Å². The average molecular weight is 316 g/mol. The molecule has 0 aromatic carbocycles. The van der Waals surface area contributed by atoms with E-state index in [1.54, 1.807) is 7.11 Å². The predicted octanol–water partition coefficient (Wildman–Crippen LogP) is 3.37. The number of halogens is 1. The molecule has 0 fully saturated rings. The van der Waals surface area contributed by atoms with Gasteiger partial charge in [0.1, 0.15) is 16.2 Å². The van der Waals surface area contributed by atoms with Gasteiger partial charge >= 0.3 is 0 Å². The van der Waals surface area contributed by atoms with Gasteiger partial charge < -0.3 is 10.1 Å². The second kappa shape index (κ2) is 6.48. The van der Waals surface area contributed by atoms with Crippen molar-refractivity contribution in [1.29, 1.82) is 0 Å². The number of nitrogens with zero attached hydrogens (tertiary/aromatic N) is 2. The monoisotopic (exact) mass is 315 g/mol. The molecule has 1 aromatic heterocycles. The first kappa shape index (κ1) is 15.4. The van der Waals surface area contributed by atoms with Crippen molar-refractivity contribution in [2.24, 2.45) is 0 Å². The number of rotatable bonds is 5. The Morgan fingerprint density at radius 1 is 1.39 bits per heavy atom. The molecule has 0 aliphatic heterocycles. The van der Waals surface area contributed by atoms with Crippen LogP contribution in [0.2, 0.25) is 0 Å². The summed E-state index contributed by atoms with van der Waals surface area (Å²) in [5.74, 6) is 1.66. The fraction of sp³-hybridized carbons (Fsp3) is 0.692. The molecule has 1 heterocycles. The number of aromatic nitrogens is 2. The Morgan fingerprint density at radius 3 is 2.56 bits per heavy atom. The van der Waals surface area contributed by atoms with Crippen molar-refractivity contribution >= 4 is 21.7 Å². The summed E-state index contributed by atoms with van der Waals surface area (Å²) in [6.45, 7) is 9.10. The maximum atomic E-state index is 5.18. The third-order valence-electron chi connectivity index (χ3n) is 2.58.